The Morgan fingerprint density at radius 2 is 1.16 bits per heavy atom. The predicted octanol–water partition coefficient (Wildman–Crippen LogP) is 2.44. The van der Waals surface area contributed by atoms with Crippen molar-refractivity contribution in [3.8, 4) is 0 Å². The van der Waals surface area contributed by atoms with Crippen LogP contribution in [0.25, 0.3) is 0 Å². The van der Waals surface area contributed by atoms with Crippen LogP contribution in [0.3, 0.4) is 0 Å². The van der Waals surface area contributed by atoms with Gasteiger partial charge in [0.25, 0.3) is 0 Å². The third kappa shape index (κ3) is 8.79. The van der Waals surface area contributed by atoms with E-state index in [-0.39, 0.29) is 0 Å². The van der Waals surface area contributed by atoms with Crippen molar-refractivity contribution < 1.29 is 64.2 Å². The Bertz CT molecular complexity index is 956. The van der Waals surface area contributed by atoms with Crippen molar-refractivity contribution in [2.24, 2.45) is 16.2 Å². The molecule has 0 aromatic rings. The van der Waals surface area contributed by atoms with Gasteiger partial charge in [0, 0.05) is 0 Å². The Morgan fingerprint density at radius 3 is 1.54 bits per heavy atom. The van der Waals surface area contributed by atoms with Crippen LogP contribution < -0.4 is 0 Å². The molecule has 1 rings (SSSR count). The van der Waals surface area contributed by atoms with E-state index in [0.29, 0.717) is 0 Å². The van der Waals surface area contributed by atoms with E-state index in [1.54, 1.807) is 0 Å². The van der Waals surface area contributed by atoms with Crippen LogP contribution in [0.4, 0.5) is 13.2 Å². The van der Waals surface area contributed by atoms with Crippen molar-refractivity contribution in [1.82, 2.24) is 0 Å². The second-order valence-corrected chi connectivity index (χ2v) is 13.2. The first-order chi connectivity index (χ1) is 16.3. The van der Waals surface area contributed by atoms with E-state index in [4.69, 9.17) is 18.9 Å². The Labute approximate surface area is 214 Å². The Hall–Kier alpha value is -1.97. The van der Waals surface area contributed by atoms with Gasteiger partial charge in [-0.05, 0) is 62.3 Å². The first kappa shape index (κ1) is 33.1. The molecule has 0 aromatic carbocycles. The molecule has 1 aliphatic heterocycles. The molecule has 1 heterocycles. The predicted molar refractivity (Wildman–Crippen MR) is 120 cm³/mol. The van der Waals surface area contributed by atoms with Gasteiger partial charge in [0.05, 0.1) is 16.2 Å². The molecule has 11 nitrogen and oxygen atoms in total. The lowest BCUT2D eigenvalue weighted by molar-refractivity contribution is -0.291. The van der Waals surface area contributed by atoms with E-state index in [1.807, 2.05) is 0 Å². The van der Waals surface area contributed by atoms with E-state index in [9.17, 15) is 41.1 Å². The largest absolute Gasteiger partial charge is 0.523 e. The van der Waals surface area contributed by atoms with Gasteiger partial charge in [-0.2, -0.15) is 21.6 Å². The first-order valence-electron chi connectivity index (χ1n) is 11.2. The van der Waals surface area contributed by atoms with Crippen molar-refractivity contribution in [3.05, 3.63) is 0 Å². The molecule has 15 heteroatoms. The summed E-state index contributed by atoms with van der Waals surface area (Å²) in [5.74, 6) is -2.74. The van der Waals surface area contributed by atoms with E-state index in [2.05, 4.69) is 4.18 Å². The number of carbonyl (C=O) groups is 3. The van der Waals surface area contributed by atoms with Crippen molar-refractivity contribution >= 4 is 28.0 Å². The zero-order chi connectivity index (χ0) is 29.4. The molecule has 0 amide bonds. The van der Waals surface area contributed by atoms with E-state index < -0.39 is 87.1 Å². The minimum atomic E-state index is -6.33. The van der Waals surface area contributed by atoms with Gasteiger partial charge in [0.2, 0.25) is 0 Å². The Balaban J connectivity index is 3.59. The molecular weight excluding hydrogens is 529 g/mol. The third-order valence-electron chi connectivity index (χ3n) is 4.83. The first-order valence-corrected chi connectivity index (χ1v) is 12.6. The molecule has 1 N–H and O–H groups in total. The Kier molecular flexibility index (Phi) is 9.85. The van der Waals surface area contributed by atoms with Crippen LogP contribution in [0.1, 0.15) is 62.3 Å². The number of aliphatic hydroxyl groups is 1. The van der Waals surface area contributed by atoms with Gasteiger partial charge in [-0.3, -0.25) is 18.6 Å². The number of esters is 3. The number of alkyl halides is 3. The summed E-state index contributed by atoms with van der Waals surface area (Å²) >= 11 is 0. The van der Waals surface area contributed by atoms with Crippen LogP contribution in [0.2, 0.25) is 0 Å². The lowest BCUT2D eigenvalue weighted by atomic mass is 9.94. The molecule has 37 heavy (non-hydrogen) atoms. The van der Waals surface area contributed by atoms with Crippen LogP contribution in [0.15, 0.2) is 0 Å². The maximum Gasteiger partial charge on any atom is 0.523 e. The number of ether oxygens (including phenoxy) is 4. The van der Waals surface area contributed by atoms with Crippen molar-refractivity contribution in [3.63, 3.8) is 0 Å². The zero-order valence-electron chi connectivity index (χ0n) is 22.2. The van der Waals surface area contributed by atoms with Crippen LogP contribution in [-0.2, 0) is 47.6 Å². The number of aliphatic hydroxyl groups excluding tert-OH is 1. The van der Waals surface area contributed by atoms with Crippen molar-refractivity contribution in [1.29, 1.82) is 0 Å². The summed E-state index contributed by atoms with van der Waals surface area (Å²) in [6.45, 7) is 12.4. The fourth-order valence-corrected chi connectivity index (χ4v) is 3.19. The number of halogens is 3. The molecule has 1 saturated heterocycles. The quantitative estimate of drug-likeness (QED) is 0.219. The smallest absolute Gasteiger partial charge is 0.462 e. The standard InChI is InChI=1S/C22H35F3O11S/c1-19(2,3)16(27)32-10-11-12(34-17(28)20(4,5)6)13(35-18(29)21(7,8)9)14(15(26)33-11)36-37(30,31)22(23,24)25/h11-15,26H,10H2,1-9H3/t11?,12-,13+,14-,15?/m1/s1. The summed E-state index contributed by atoms with van der Waals surface area (Å²) < 4.78 is 87.9. The summed E-state index contributed by atoms with van der Waals surface area (Å²) in [5, 5.41) is 10.4. The average Bonchev–Trinajstić information content (AvgIpc) is 2.67. The fourth-order valence-electron chi connectivity index (χ4n) is 2.58. The summed E-state index contributed by atoms with van der Waals surface area (Å²) in [6.07, 6.45) is -10.5. The number of rotatable bonds is 6. The molecule has 5 atom stereocenters. The lowest BCUT2D eigenvalue weighted by Gasteiger charge is -2.44. The maximum absolute atomic E-state index is 13.1. The number of hydrogen-bond donors (Lipinski definition) is 1. The highest BCUT2D eigenvalue weighted by atomic mass is 32.2. The molecule has 216 valence electrons. The van der Waals surface area contributed by atoms with Crippen LogP contribution >= 0.6 is 0 Å². The topological polar surface area (TPSA) is 152 Å². The van der Waals surface area contributed by atoms with Gasteiger partial charge in [-0.25, -0.2) is 0 Å². The van der Waals surface area contributed by atoms with Crippen molar-refractivity contribution in [2.75, 3.05) is 6.61 Å². The van der Waals surface area contributed by atoms with Gasteiger partial charge in [0.1, 0.15) is 12.7 Å². The third-order valence-corrected chi connectivity index (χ3v) is 5.88. The molecule has 0 aromatic heterocycles. The van der Waals surface area contributed by atoms with Gasteiger partial charge >= 0.3 is 33.5 Å². The highest BCUT2D eigenvalue weighted by Gasteiger charge is 2.57. The summed E-state index contributed by atoms with van der Waals surface area (Å²) in [5.41, 5.74) is -9.34. The van der Waals surface area contributed by atoms with Crippen LogP contribution in [0, 0.1) is 16.2 Å². The number of carbonyl (C=O) groups excluding carboxylic acids is 3. The highest BCUT2D eigenvalue weighted by Crippen LogP contribution is 2.35. The molecule has 0 saturated carbocycles. The molecule has 2 unspecified atom stereocenters. The highest BCUT2D eigenvalue weighted by molar-refractivity contribution is 7.87. The summed E-state index contributed by atoms with van der Waals surface area (Å²) in [7, 11) is -6.33. The molecule has 0 radical (unpaired) electrons. The minimum Gasteiger partial charge on any atom is -0.462 e. The van der Waals surface area contributed by atoms with E-state index in [0.717, 1.165) is 0 Å². The Morgan fingerprint density at radius 1 is 0.757 bits per heavy atom. The fraction of sp³-hybridized carbons (Fsp3) is 0.864. The van der Waals surface area contributed by atoms with Crippen molar-refractivity contribution in [2.45, 2.75) is 98.5 Å². The van der Waals surface area contributed by atoms with Gasteiger partial charge in [-0.15, -0.1) is 0 Å². The van der Waals surface area contributed by atoms with E-state index >= 15 is 0 Å². The van der Waals surface area contributed by atoms with E-state index in [1.165, 1.54) is 62.3 Å². The van der Waals surface area contributed by atoms with Gasteiger partial charge in [0.15, 0.2) is 24.6 Å². The molecule has 1 aliphatic rings. The summed E-state index contributed by atoms with van der Waals surface area (Å²) in [6, 6.07) is 0. The molecule has 0 spiro atoms. The average molecular weight is 565 g/mol. The van der Waals surface area contributed by atoms with Crippen LogP contribution in [0.5, 0.6) is 0 Å². The summed E-state index contributed by atoms with van der Waals surface area (Å²) in [4.78, 5) is 37.7. The molecule has 1 fully saturated rings. The zero-order valence-corrected chi connectivity index (χ0v) is 23.0. The molecular formula is C22H35F3O11S. The second-order valence-electron chi connectivity index (χ2n) is 11.6. The minimum absolute atomic E-state index is 0.697. The van der Waals surface area contributed by atoms with Crippen LogP contribution in [-0.4, -0.2) is 74.3 Å². The number of hydrogen-bond acceptors (Lipinski definition) is 11. The normalized spacial score (nSPS) is 25.8. The van der Waals surface area contributed by atoms with Gasteiger partial charge < -0.3 is 24.1 Å². The SMILES string of the molecule is CC(C)(C)C(=O)OCC1OC(O)[C@H](OS(=O)(=O)C(F)(F)F)[C@@H](OC(=O)C(C)(C)C)[C@@H]1OC(=O)C(C)(C)C. The maximum atomic E-state index is 13.1. The second kappa shape index (κ2) is 11.0. The van der Waals surface area contributed by atoms with Gasteiger partial charge in [-0.1, -0.05) is 0 Å². The monoisotopic (exact) mass is 564 g/mol. The molecule has 0 aliphatic carbocycles. The lowest BCUT2D eigenvalue weighted by Crippen LogP contribution is -2.63. The molecule has 0 bridgehead atoms.